The lowest BCUT2D eigenvalue weighted by molar-refractivity contribution is 0.171. The number of alkyl halides is 1. The molecule has 0 rings (SSSR count). The lowest BCUT2D eigenvalue weighted by Crippen LogP contribution is -2.04. The van der Waals surface area contributed by atoms with Gasteiger partial charge in [0.25, 0.3) is 0 Å². The lowest BCUT2D eigenvalue weighted by atomic mass is 10.2. The van der Waals surface area contributed by atoms with Crippen LogP contribution in [0.15, 0.2) is 12.7 Å². The Kier molecular flexibility index (Phi) is 4.56. The van der Waals surface area contributed by atoms with Crippen molar-refractivity contribution in [3.63, 3.8) is 0 Å². The molecule has 0 aromatic heterocycles. The Morgan fingerprint density at radius 1 is 1.75 bits per heavy atom. The van der Waals surface area contributed by atoms with Crippen LogP contribution in [-0.2, 0) is 0 Å². The summed E-state index contributed by atoms with van der Waals surface area (Å²) in [4.78, 5) is 0. The average molecular weight is 118 g/mol. The lowest BCUT2D eigenvalue weighted by Gasteiger charge is -1.98. The minimum absolute atomic E-state index is 0.367. The van der Waals surface area contributed by atoms with E-state index in [1.165, 1.54) is 0 Å². The van der Waals surface area contributed by atoms with Gasteiger partial charge in [0.15, 0.2) is 0 Å². The molecule has 1 N–H and O–H groups in total. The first-order valence-electron chi connectivity index (χ1n) is 2.67. The highest BCUT2D eigenvalue weighted by Crippen LogP contribution is 1.99. The largest absolute Gasteiger partial charge is 0.393 e. The predicted octanol–water partition coefficient (Wildman–Crippen LogP) is 1.28. The first kappa shape index (κ1) is 7.63. The van der Waals surface area contributed by atoms with Gasteiger partial charge in [0.1, 0.15) is 6.17 Å². The molecule has 0 spiro atoms. The minimum atomic E-state index is -1.06. The van der Waals surface area contributed by atoms with Crippen LogP contribution in [0.4, 0.5) is 4.39 Å². The molecule has 0 radical (unpaired) electrons. The summed E-state index contributed by atoms with van der Waals surface area (Å²) in [6.07, 6.45) is 1.61. The van der Waals surface area contributed by atoms with Crippen molar-refractivity contribution < 1.29 is 9.50 Å². The second kappa shape index (κ2) is 4.78. The Labute approximate surface area is 48.8 Å². The van der Waals surface area contributed by atoms with Crippen molar-refractivity contribution >= 4 is 0 Å². The number of hydrogen-bond acceptors (Lipinski definition) is 1. The summed E-state index contributed by atoms with van der Waals surface area (Å²) in [6, 6.07) is 0. The minimum Gasteiger partial charge on any atom is -0.393 e. The fourth-order valence-corrected chi connectivity index (χ4v) is 0.390. The molecule has 48 valence electrons. The zero-order valence-electron chi connectivity index (χ0n) is 4.81. The summed E-state index contributed by atoms with van der Waals surface area (Å²) in [7, 11) is 0. The molecule has 0 aliphatic carbocycles. The molecule has 0 aliphatic heterocycles. The number of aliphatic hydroxyl groups excluding tert-OH is 1. The van der Waals surface area contributed by atoms with E-state index in [9.17, 15) is 4.39 Å². The van der Waals surface area contributed by atoms with Crippen LogP contribution in [0.2, 0.25) is 0 Å². The van der Waals surface area contributed by atoms with E-state index in [4.69, 9.17) is 5.11 Å². The van der Waals surface area contributed by atoms with Gasteiger partial charge in [-0.3, -0.25) is 0 Å². The highest BCUT2D eigenvalue weighted by Gasteiger charge is 1.99. The van der Waals surface area contributed by atoms with Crippen LogP contribution in [0.25, 0.3) is 0 Å². The number of halogens is 1. The zero-order valence-corrected chi connectivity index (χ0v) is 4.81. The van der Waals surface area contributed by atoms with Crippen LogP contribution in [0.5, 0.6) is 0 Å². The molecule has 0 saturated carbocycles. The summed E-state index contributed by atoms with van der Waals surface area (Å²) >= 11 is 0. The number of allylic oxidation sites excluding steroid dienone is 1. The third-order valence-corrected chi connectivity index (χ3v) is 0.882. The molecule has 2 heteroatoms. The summed E-state index contributed by atoms with van der Waals surface area (Å²) < 4.78 is 12.0. The molecule has 1 nitrogen and oxygen atoms in total. The van der Waals surface area contributed by atoms with Crippen molar-refractivity contribution in [1.82, 2.24) is 0 Å². The Morgan fingerprint density at radius 3 is 2.75 bits per heavy atom. The van der Waals surface area contributed by atoms with Gasteiger partial charge in [0, 0.05) is 0 Å². The number of aliphatic hydroxyl groups is 1. The fraction of sp³-hybridized carbons (Fsp3) is 0.667. The van der Waals surface area contributed by atoms with Gasteiger partial charge >= 0.3 is 0 Å². The summed E-state index contributed by atoms with van der Waals surface area (Å²) in [5, 5.41) is 8.15. The van der Waals surface area contributed by atoms with Crippen molar-refractivity contribution in [2.75, 3.05) is 6.61 Å². The van der Waals surface area contributed by atoms with E-state index in [-0.39, 0.29) is 6.61 Å². The van der Waals surface area contributed by atoms with Gasteiger partial charge < -0.3 is 5.11 Å². The van der Waals surface area contributed by atoms with Crippen LogP contribution in [-0.4, -0.2) is 17.9 Å². The third kappa shape index (κ3) is 3.81. The Bertz CT molecular complexity index is 63.5. The van der Waals surface area contributed by atoms with E-state index >= 15 is 0 Å². The molecule has 0 aromatic rings. The van der Waals surface area contributed by atoms with Crippen LogP contribution < -0.4 is 0 Å². The first-order valence-corrected chi connectivity index (χ1v) is 2.67. The molecule has 0 saturated heterocycles. The SMILES string of the molecule is C=CCCC(F)CO. The van der Waals surface area contributed by atoms with Gasteiger partial charge in [0.2, 0.25) is 0 Å². The maximum absolute atomic E-state index is 12.0. The van der Waals surface area contributed by atoms with E-state index in [0.29, 0.717) is 12.8 Å². The fourth-order valence-electron chi connectivity index (χ4n) is 0.390. The van der Waals surface area contributed by atoms with Crippen molar-refractivity contribution in [2.24, 2.45) is 0 Å². The van der Waals surface area contributed by atoms with Gasteiger partial charge in [-0.15, -0.1) is 6.58 Å². The Balaban J connectivity index is 2.97. The molecule has 0 amide bonds. The average Bonchev–Trinajstić information content (AvgIpc) is 1.83. The van der Waals surface area contributed by atoms with Crippen molar-refractivity contribution in [3.8, 4) is 0 Å². The first-order chi connectivity index (χ1) is 3.81. The number of hydrogen-bond donors (Lipinski definition) is 1. The molecule has 0 aromatic carbocycles. The standard InChI is InChI=1S/C6H11FO/c1-2-3-4-6(7)5-8/h2,6,8H,1,3-5H2. The van der Waals surface area contributed by atoms with Crippen molar-refractivity contribution in [2.45, 2.75) is 19.0 Å². The Hall–Kier alpha value is -0.370. The molecule has 0 fully saturated rings. The van der Waals surface area contributed by atoms with Crippen molar-refractivity contribution in [1.29, 1.82) is 0 Å². The van der Waals surface area contributed by atoms with Gasteiger partial charge in [-0.1, -0.05) is 6.08 Å². The maximum Gasteiger partial charge on any atom is 0.123 e. The Morgan fingerprint density at radius 2 is 2.38 bits per heavy atom. The summed E-state index contributed by atoms with van der Waals surface area (Å²) in [5.41, 5.74) is 0. The van der Waals surface area contributed by atoms with Crippen LogP contribution >= 0.6 is 0 Å². The molecule has 1 unspecified atom stereocenters. The van der Waals surface area contributed by atoms with E-state index in [2.05, 4.69) is 6.58 Å². The predicted molar refractivity (Wildman–Crippen MR) is 31.4 cm³/mol. The van der Waals surface area contributed by atoms with Gasteiger partial charge in [-0.05, 0) is 12.8 Å². The molecule has 8 heavy (non-hydrogen) atoms. The summed E-state index contributed by atoms with van der Waals surface area (Å²) in [5.74, 6) is 0. The topological polar surface area (TPSA) is 20.2 Å². The van der Waals surface area contributed by atoms with Crippen LogP contribution in [0, 0.1) is 0 Å². The van der Waals surface area contributed by atoms with Gasteiger partial charge in [-0.2, -0.15) is 0 Å². The quantitative estimate of drug-likeness (QED) is 0.551. The maximum atomic E-state index is 12.0. The molecule has 0 heterocycles. The van der Waals surface area contributed by atoms with Gasteiger partial charge in [0.05, 0.1) is 6.61 Å². The van der Waals surface area contributed by atoms with Gasteiger partial charge in [-0.25, -0.2) is 4.39 Å². The number of rotatable bonds is 4. The smallest absolute Gasteiger partial charge is 0.123 e. The third-order valence-electron chi connectivity index (χ3n) is 0.882. The second-order valence-electron chi connectivity index (χ2n) is 1.65. The molecular formula is C6H11FO. The van der Waals surface area contributed by atoms with E-state index in [1.54, 1.807) is 6.08 Å². The van der Waals surface area contributed by atoms with E-state index in [0.717, 1.165) is 0 Å². The van der Waals surface area contributed by atoms with Crippen LogP contribution in [0.3, 0.4) is 0 Å². The normalized spacial score (nSPS) is 13.2. The molecule has 0 bridgehead atoms. The van der Waals surface area contributed by atoms with E-state index < -0.39 is 6.17 Å². The zero-order chi connectivity index (χ0) is 6.41. The second-order valence-corrected chi connectivity index (χ2v) is 1.65. The van der Waals surface area contributed by atoms with E-state index in [1.807, 2.05) is 0 Å². The van der Waals surface area contributed by atoms with Crippen LogP contribution in [0.1, 0.15) is 12.8 Å². The van der Waals surface area contributed by atoms with Crippen molar-refractivity contribution in [3.05, 3.63) is 12.7 Å². The monoisotopic (exact) mass is 118 g/mol. The molecular weight excluding hydrogens is 107 g/mol. The highest BCUT2D eigenvalue weighted by molar-refractivity contribution is 4.68. The highest BCUT2D eigenvalue weighted by atomic mass is 19.1. The molecule has 1 atom stereocenters. The summed E-state index contributed by atoms with van der Waals surface area (Å²) in [6.45, 7) is 3.05. The molecule has 0 aliphatic rings.